The average Bonchev–Trinajstić information content (AvgIpc) is 2.52. The van der Waals surface area contributed by atoms with Gasteiger partial charge in [-0.25, -0.2) is 4.57 Å². The molecule has 0 aliphatic rings. The second kappa shape index (κ2) is 9.70. The third kappa shape index (κ3) is 5.51. The van der Waals surface area contributed by atoms with Gasteiger partial charge in [-0.1, -0.05) is 25.4 Å². The Kier molecular flexibility index (Phi) is 8.29. The molecule has 120 valence electrons. The molecular formula is C18H23Cl2NO. The van der Waals surface area contributed by atoms with Crippen molar-refractivity contribution in [3.8, 4) is 5.75 Å². The van der Waals surface area contributed by atoms with Crippen LogP contribution in [0.2, 0.25) is 5.02 Å². The highest BCUT2D eigenvalue weighted by molar-refractivity contribution is 6.30. The van der Waals surface area contributed by atoms with E-state index in [2.05, 4.69) is 42.9 Å². The van der Waals surface area contributed by atoms with Crippen LogP contribution in [0.5, 0.6) is 5.75 Å². The Morgan fingerprint density at radius 2 is 1.59 bits per heavy atom. The van der Waals surface area contributed by atoms with Crippen molar-refractivity contribution >= 4 is 11.6 Å². The van der Waals surface area contributed by atoms with Gasteiger partial charge in [-0.05, 0) is 48.6 Å². The smallest absolute Gasteiger partial charge is 0.182 e. The highest BCUT2D eigenvalue weighted by Crippen LogP contribution is 2.21. The third-order valence-corrected chi connectivity index (χ3v) is 4.06. The summed E-state index contributed by atoms with van der Waals surface area (Å²) in [6.45, 7) is 5.98. The molecule has 0 unspecified atom stereocenters. The van der Waals surface area contributed by atoms with Gasteiger partial charge in [0.1, 0.15) is 12.4 Å². The van der Waals surface area contributed by atoms with Crippen molar-refractivity contribution < 1.29 is 21.7 Å². The maximum atomic E-state index is 5.85. The highest BCUT2D eigenvalue weighted by Gasteiger charge is 2.09. The molecule has 4 heteroatoms. The van der Waals surface area contributed by atoms with E-state index in [1.54, 1.807) is 0 Å². The molecule has 2 nitrogen and oxygen atoms in total. The number of aromatic nitrogens is 1. The minimum atomic E-state index is 0. The van der Waals surface area contributed by atoms with Crippen LogP contribution in [0.3, 0.4) is 0 Å². The van der Waals surface area contributed by atoms with Gasteiger partial charge in [-0.2, -0.15) is 0 Å². The van der Waals surface area contributed by atoms with Crippen LogP contribution in [0.4, 0.5) is 0 Å². The van der Waals surface area contributed by atoms with E-state index < -0.39 is 0 Å². The highest BCUT2D eigenvalue weighted by atomic mass is 35.5. The van der Waals surface area contributed by atoms with Gasteiger partial charge in [-0.15, -0.1) is 0 Å². The van der Waals surface area contributed by atoms with Crippen molar-refractivity contribution in [2.75, 3.05) is 6.61 Å². The fraction of sp³-hybridized carbons (Fsp3) is 0.389. The van der Waals surface area contributed by atoms with Crippen LogP contribution in [0, 0.1) is 0 Å². The van der Waals surface area contributed by atoms with Crippen molar-refractivity contribution in [3.63, 3.8) is 0 Å². The second-order valence-corrected chi connectivity index (χ2v) is 5.62. The van der Waals surface area contributed by atoms with Crippen LogP contribution < -0.4 is 21.7 Å². The summed E-state index contributed by atoms with van der Waals surface area (Å²) in [7, 11) is 0. The molecule has 0 saturated carbocycles. The normalized spacial score (nSPS) is 10.4. The van der Waals surface area contributed by atoms with Gasteiger partial charge < -0.3 is 17.1 Å². The molecular weight excluding hydrogens is 317 g/mol. The minimum Gasteiger partial charge on any atom is -1.00 e. The first-order chi connectivity index (χ1) is 10.2. The molecule has 0 atom stereocenters. The van der Waals surface area contributed by atoms with Gasteiger partial charge in [0.05, 0.1) is 0 Å². The van der Waals surface area contributed by atoms with E-state index in [1.165, 1.54) is 18.4 Å². The summed E-state index contributed by atoms with van der Waals surface area (Å²) >= 11 is 5.85. The fourth-order valence-corrected chi connectivity index (χ4v) is 2.58. The predicted octanol–water partition coefficient (Wildman–Crippen LogP) is 1.61. The molecule has 0 amide bonds. The van der Waals surface area contributed by atoms with Crippen molar-refractivity contribution in [2.45, 2.75) is 39.2 Å². The first kappa shape index (κ1) is 18.8. The molecule has 0 aliphatic heterocycles. The molecule has 1 heterocycles. The summed E-state index contributed by atoms with van der Waals surface area (Å²) in [5, 5.41) is 0.730. The van der Waals surface area contributed by atoms with Crippen molar-refractivity contribution in [1.82, 2.24) is 0 Å². The van der Waals surface area contributed by atoms with E-state index in [0.717, 1.165) is 17.3 Å². The number of nitrogens with zero attached hydrogens (tertiary/aromatic N) is 1. The van der Waals surface area contributed by atoms with Crippen LogP contribution in [0.25, 0.3) is 0 Å². The molecule has 0 spiro atoms. The molecule has 0 N–H and O–H groups in total. The van der Waals surface area contributed by atoms with Gasteiger partial charge in [0, 0.05) is 17.2 Å². The summed E-state index contributed by atoms with van der Waals surface area (Å²) in [5.74, 6) is 1.53. The summed E-state index contributed by atoms with van der Waals surface area (Å²) in [6, 6.07) is 11.9. The maximum absolute atomic E-state index is 5.85. The number of hydrogen-bond acceptors (Lipinski definition) is 1. The van der Waals surface area contributed by atoms with Crippen LogP contribution >= 0.6 is 11.6 Å². The monoisotopic (exact) mass is 339 g/mol. The van der Waals surface area contributed by atoms with Crippen molar-refractivity contribution in [1.29, 1.82) is 0 Å². The third-order valence-electron chi connectivity index (χ3n) is 3.81. The van der Waals surface area contributed by atoms with E-state index in [9.17, 15) is 0 Å². The van der Waals surface area contributed by atoms with Crippen LogP contribution in [0.1, 0.15) is 38.2 Å². The van der Waals surface area contributed by atoms with Gasteiger partial charge in [-0.3, -0.25) is 0 Å². The minimum absolute atomic E-state index is 0. The van der Waals surface area contributed by atoms with Crippen molar-refractivity contribution in [3.05, 3.63) is 59.4 Å². The summed E-state index contributed by atoms with van der Waals surface area (Å²) < 4.78 is 7.86. The van der Waals surface area contributed by atoms with Crippen LogP contribution in [-0.2, 0) is 6.54 Å². The number of pyridine rings is 1. The lowest BCUT2D eigenvalue weighted by atomic mass is 9.95. The topological polar surface area (TPSA) is 13.1 Å². The lowest BCUT2D eigenvalue weighted by molar-refractivity contribution is -0.697. The van der Waals surface area contributed by atoms with Crippen LogP contribution in [0.15, 0.2) is 48.8 Å². The lowest BCUT2D eigenvalue weighted by Crippen LogP contribution is -3.00. The van der Waals surface area contributed by atoms with E-state index in [0.29, 0.717) is 12.5 Å². The number of rotatable bonds is 7. The first-order valence-electron chi connectivity index (χ1n) is 7.60. The predicted molar refractivity (Wildman–Crippen MR) is 86.9 cm³/mol. The van der Waals surface area contributed by atoms with E-state index >= 15 is 0 Å². The summed E-state index contributed by atoms with van der Waals surface area (Å²) in [6.07, 6.45) is 6.66. The molecule has 0 fully saturated rings. The van der Waals surface area contributed by atoms with Gasteiger partial charge >= 0.3 is 0 Å². The van der Waals surface area contributed by atoms with E-state index in [1.807, 2.05) is 24.3 Å². The molecule has 0 saturated heterocycles. The standard InChI is InChI=1S/C18H23ClNO.ClH/c1-3-15(4-2)16-9-11-20(12-10-16)13-14-21-18-7-5-17(19)6-8-18;/h5-12,15H,3-4,13-14H2,1-2H3;1H/q+1;/p-1. The lowest BCUT2D eigenvalue weighted by Gasteiger charge is -2.11. The fourth-order valence-electron chi connectivity index (χ4n) is 2.45. The summed E-state index contributed by atoms with van der Waals surface area (Å²) in [4.78, 5) is 0. The Morgan fingerprint density at radius 1 is 1.00 bits per heavy atom. The zero-order valence-electron chi connectivity index (χ0n) is 13.1. The molecule has 1 aromatic heterocycles. The molecule has 0 aliphatic carbocycles. The maximum Gasteiger partial charge on any atom is 0.182 e. The van der Waals surface area contributed by atoms with Gasteiger partial charge in [0.15, 0.2) is 18.9 Å². The molecule has 0 radical (unpaired) electrons. The average molecular weight is 340 g/mol. The molecule has 2 aromatic rings. The van der Waals surface area contributed by atoms with Crippen LogP contribution in [-0.4, -0.2) is 6.61 Å². The Balaban J connectivity index is 0.00000242. The van der Waals surface area contributed by atoms with E-state index in [4.69, 9.17) is 16.3 Å². The quantitative estimate of drug-likeness (QED) is 0.698. The first-order valence-corrected chi connectivity index (χ1v) is 7.98. The molecule has 22 heavy (non-hydrogen) atoms. The zero-order chi connectivity index (χ0) is 15.1. The Bertz CT molecular complexity index is 536. The second-order valence-electron chi connectivity index (χ2n) is 5.19. The molecule has 0 bridgehead atoms. The number of hydrogen-bond donors (Lipinski definition) is 0. The summed E-state index contributed by atoms with van der Waals surface area (Å²) in [5.41, 5.74) is 1.43. The Morgan fingerprint density at radius 3 is 2.14 bits per heavy atom. The molecule has 2 rings (SSSR count). The van der Waals surface area contributed by atoms with Crippen molar-refractivity contribution in [2.24, 2.45) is 0 Å². The number of benzene rings is 1. The SMILES string of the molecule is CCC(CC)c1cc[n+](CCOc2ccc(Cl)cc2)cc1.[Cl-]. The number of halogens is 2. The number of ether oxygens (including phenoxy) is 1. The largest absolute Gasteiger partial charge is 1.00 e. The zero-order valence-corrected chi connectivity index (χ0v) is 14.6. The van der Waals surface area contributed by atoms with Gasteiger partial charge in [0.25, 0.3) is 0 Å². The Hall–Kier alpha value is -1.25. The molecule has 1 aromatic carbocycles. The van der Waals surface area contributed by atoms with Gasteiger partial charge in [0.2, 0.25) is 0 Å². The van der Waals surface area contributed by atoms with E-state index in [-0.39, 0.29) is 12.4 Å². The Labute approximate surface area is 144 Å².